The summed E-state index contributed by atoms with van der Waals surface area (Å²) >= 11 is 1.59. The normalized spacial score (nSPS) is 19.9. The van der Waals surface area contributed by atoms with Crippen molar-refractivity contribution in [2.75, 3.05) is 7.11 Å². The van der Waals surface area contributed by atoms with Gasteiger partial charge >= 0.3 is 0 Å². The topological polar surface area (TPSA) is 29.5 Å². The molecule has 0 bridgehead atoms. The monoisotopic (exact) mass is 212 g/mol. The molecule has 0 amide bonds. The minimum absolute atomic E-state index is 0.313. The fourth-order valence-electron chi connectivity index (χ4n) is 2.18. The molecule has 3 heteroatoms. The number of hydrogen-bond donors (Lipinski definition) is 1. The molecule has 1 fully saturated rings. The van der Waals surface area contributed by atoms with Gasteiger partial charge in [0.15, 0.2) is 0 Å². The van der Waals surface area contributed by atoms with Gasteiger partial charge in [-0.05, 0) is 30.2 Å². The molecule has 78 valence electrons. The highest BCUT2D eigenvalue weighted by Crippen LogP contribution is 2.41. The Kier molecular flexibility index (Phi) is 3.08. The van der Waals surface area contributed by atoms with Crippen LogP contribution in [0.4, 0.5) is 0 Å². The lowest BCUT2D eigenvalue weighted by Crippen LogP contribution is -2.08. The van der Waals surface area contributed by atoms with Gasteiger partial charge < -0.3 is 9.84 Å². The van der Waals surface area contributed by atoms with Crippen molar-refractivity contribution in [2.45, 2.75) is 31.8 Å². The van der Waals surface area contributed by atoms with Crippen LogP contribution in [-0.2, 0) is 0 Å². The highest BCUT2D eigenvalue weighted by molar-refractivity contribution is 7.10. The second kappa shape index (κ2) is 4.32. The first-order chi connectivity index (χ1) is 6.83. The zero-order valence-electron chi connectivity index (χ0n) is 8.40. The number of aliphatic hydroxyl groups excluding tert-OH is 1. The smallest absolute Gasteiger partial charge is 0.135 e. The van der Waals surface area contributed by atoms with Crippen LogP contribution in [0.3, 0.4) is 0 Å². The van der Waals surface area contributed by atoms with Gasteiger partial charge in [-0.15, -0.1) is 11.3 Å². The van der Waals surface area contributed by atoms with E-state index in [0.717, 1.165) is 23.5 Å². The number of thiophene rings is 1. The molecule has 1 unspecified atom stereocenters. The van der Waals surface area contributed by atoms with Crippen molar-refractivity contribution < 1.29 is 9.84 Å². The van der Waals surface area contributed by atoms with Gasteiger partial charge in [0, 0.05) is 0 Å². The Balaban J connectivity index is 2.12. The number of ether oxygens (including phenoxy) is 1. The molecule has 1 heterocycles. The van der Waals surface area contributed by atoms with Gasteiger partial charge in [0.05, 0.1) is 18.1 Å². The van der Waals surface area contributed by atoms with Crippen LogP contribution in [0.15, 0.2) is 11.4 Å². The number of aliphatic hydroxyl groups is 1. The van der Waals surface area contributed by atoms with Crippen LogP contribution in [-0.4, -0.2) is 12.2 Å². The molecule has 0 aliphatic heterocycles. The van der Waals surface area contributed by atoms with E-state index < -0.39 is 0 Å². The minimum atomic E-state index is -0.313. The molecule has 0 spiro atoms. The maximum atomic E-state index is 10.2. The van der Waals surface area contributed by atoms with E-state index in [1.807, 2.05) is 11.4 Å². The molecule has 0 saturated heterocycles. The molecule has 0 radical (unpaired) electrons. The molecule has 1 aromatic rings. The molecule has 1 aromatic heterocycles. The van der Waals surface area contributed by atoms with Gasteiger partial charge in [0.1, 0.15) is 5.75 Å². The number of methoxy groups -OCH3 is 1. The summed E-state index contributed by atoms with van der Waals surface area (Å²) in [6.07, 6.45) is 4.52. The van der Waals surface area contributed by atoms with E-state index in [4.69, 9.17) is 4.74 Å². The summed E-state index contributed by atoms with van der Waals surface area (Å²) in [5.41, 5.74) is 0. The lowest BCUT2D eigenvalue weighted by Gasteiger charge is -2.17. The zero-order valence-corrected chi connectivity index (χ0v) is 9.22. The molecule has 2 nitrogen and oxygen atoms in total. The van der Waals surface area contributed by atoms with Crippen molar-refractivity contribution in [3.8, 4) is 5.75 Å². The maximum Gasteiger partial charge on any atom is 0.135 e. The molecule has 2 rings (SSSR count). The van der Waals surface area contributed by atoms with Crippen molar-refractivity contribution in [1.82, 2.24) is 0 Å². The SMILES string of the molecule is COc1ccsc1C(O)C1CCCC1. The minimum Gasteiger partial charge on any atom is -0.495 e. The predicted octanol–water partition coefficient (Wildman–Crippen LogP) is 2.98. The van der Waals surface area contributed by atoms with Gasteiger partial charge in [-0.25, -0.2) is 0 Å². The van der Waals surface area contributed by atoms with Crippen LogP contribution >= 0.6 is 11.3 Å². The average Bonchev–Trinajstić information content (AvgIpc) is 2.87. The predicted molar refractivity (Wildman–Crippen MR) is 57.8 cm³/mol. The highest BCUT2D eigenvalue weighted by Gasteiger charge is 2.27. The second-order valence-corrected chi connectivity index (χ2v) is 4.79. The lowest BCUT2D eigenvalue weighted by atomic mass is 9.99. The van der Waals surface area contributed by atoms with E-state index >= 15 is 0 Å². The first-order valence-corrected chi connectivity index (χ1v) is 6.00. The van der Waals surface area contributed by atoms with Crippen LogP contribution in [0.25, 0.3) is 0 Å². The summed E-state index contributed by atoms with van der Waals surface area (Å²) in [6, 6.07) is 1.93. The summed E-state index contributed by atoms with van der Waals surface area (Å²) in [4.78, 5) is 0.999. The number of rotatable bonds is 3. The van der Waals surface area contributed by atoms with Gasteiger partial charge in [-0.2, -0.15) is 0 Å². The van der Waals surface area contributed by atoms with E-state index in [9.17, 15) is 5.11 Å². The standard InChI is InChI=1S/C11H16O2S/c1-13-9-6-7-14-11(9)10(12)8-4-2-3-5-8/h6-8,10,12H,2-5H2,1H3. The maximum absolute atomic E-state index is 10.2. The third-order valence-electron chi connectivity index (χ3n) is 2.99. The Labute approximate surface area is 88.5 Å². The third kappa shape index (κ3) is 1.79. The fraction of sp³-hybridized carbons (Fsp3) is 0.636. The lowest BCUT2D eigenvalue weighted by molar-refractivity contribution is 0.112. The summed E-state index contributed by atoms with van der Waals surface area (Å²) in [5, 5.41) is 12.1. The second-order valence-electron chi connectivity index (χ2n) is 3.84. The Morgan fingerprint density at radius 1 is 1.50 bits per heavy atom. The third-order valence-corrected chi connectivity index (χ3v) is 3.96. The molecule has 1 N–H and O–H groups in total. The molecule has 1 aliphatic carbocycles. The molecule has 1 atom stereocenters. The molecule has 0 aromatic carbocycles. The molecule has 1 saturated carbocycles. The van der Waals surface area contributed by atoms with Crippen molar-refractivity contribution in [3.05, 3.63) is 16.3 Å². The van der Waals surface area contributed by atoms with Crippen LogP contribution in [0, 0.1) is 5.92 Å². The van der Waals surface area contributed by atoms with E-state index in [2.05, 4.69) is 0 Å². The van der Waals surface area contributed by atoms with Gasteiger partial charge in [0.2, 0.25) is 0 Å². The Morgan fingerprint density at radius 2 is 2.21 bits per heavy atom. The van der Waals surface area contributed by atoms with Crippen LogP contribution in [0.1, 0.15) is 36.7 Å². The fourth-order valence-corrected chi connectivity index (χ4v) is 3.12. The summed E-state index contributed by atoms with van der Waals surface area (Å²) < 4.78 is 5.22. The molecule has 1 aliphatic rings. The largest absolute Gasteiger partial charge is 0.495 e. The molecule has 14 heavy (non-hydrogen) atoms. The Bertz CT molecular complexity index is 289. The van der Waals surface area contributed by atoms with Crippen LogP contribution < -0.4 is 4.74 Å². The van der Waals surface area contributed by atoms with Crippen LogP contribution in [0.5, 0.6) is 5.75 Å². The van der Waals surface area contributed by atoms with Gasteiger partial charge in [-0.3, -0.25) is 0 Å². The Morgan fingerprint density at radius 3 is 2.86 bits per heavy atom. The summed E-state index contributed by atoms with van der Waals surface area (Å²) in [7, 11) is 1.66. The number of hydrogen-bond acceptors (Lipinski definition) is 3. The quantitative estimate of drug-likeness (QED) is 0.834. The van der Waals surface area contributed by atoms with Crippen LogP contribution in [0.2, 0.25) is 0 Å². The zero-order chi connectivity index (χ0) is 9.97. The van der Waals surface area contributed by atoms with E-state index in [1.165, 1.54) is 12.8 Å². The van der Waals surface area contributed by atoms with E-state index in [-0.39, 0.29) is 6.10 Å². The van der Waals surface area contributed by atoms with Crippen molar-refractivity contribution in [1.29, 1.82) is 0 Å². The van der Waals surface area contributed by atoms with Crippen molar-refractivity contribution in [3.63, 3.8) is 0 Å². The first-order valence-electron chi connectivity index (χ1n) is 5.12. The van der Waals surface area contributed by atoms with E-state index in [0.29, 0.717) is 5.92 Å². The summed E-state index contributed by atoms with van der Waals surface area (Å²) in [5.74, 6) is 1.29. The molecular weight excluding hydrogens is 196 g/mol. The van der Waals surface area contributed by atoms with Crippen molar-refractivity contribution in [2.24, 2.45) is 5.92 Å². The van der Waals surface area contributed by atoms with Gasteiger partial charge in [0.25, 0.3) is 0 Å². The van der Waals surface area contributed by atoms with Gasteiger partial charge in [-0.1, -0.05) is 12.8 Å². The average molecular weight is 212 g/mol. The highest BCUT2D eigenvalue weighted by atomic mass is 32.1. The first kappa shape index (κ1) is 9.99. The van der Waals surface area contributed by atoms with Crippen molar-refractivity contribution >= 4 is 11.3 Å². The summed E-state index contributed by atoms with van der Waals surface area (Å²) in [6.45, 7) is 0. The Hall–Kier alpha value is -0.540. The van der Waals surface area contributed by atoms with E-state index in [1.54, 1.807) is 18.4 Å². The molecular formula is C11H16O2S.